The quantitative estimate of drug-likeness (QED) is 0.663. The van der Waals surface area contributed by atoms with Crippen LogP contribution in [0.15, 0.2) is 24.3 Å². The summed E-state index contributed by atoms with van der Waals surface area (Å²) in [6.07, 6.45) is 0.882. The average Bonchev–Trinajstić information content (AvgIpc) is 3.07. The molecular formula is C12H10INOS. The van der Waals surface area contributed by atoms with E-state index in [-0.39, 0.29) is 11.8 Å². The number of carbonyl (C=O) groups excluding carboxylic acids is 1. The number of carbonyl (C=O) groups is 1. The summed E-state index contributed by atoms with van der Waals surface area (Å²) in [6, 6.07) is 8.04. The van der Waals surface area contributed by atoms with Gasteiger partial charge >= 0.3 is 0 Å². The molecule has 0 bridgehead atoms. The van der Waals surface area contributed by atoms with Crippen molar-refractivity contribution in [1.82, 2.24) is 0 Å². The molecule has 1 fully saturated rings. The maximum atomic E-state index is 11.0. The van der Waals surface area contributed by atoms with Crippen LogP contribution < -0.4 is 5.73 Å². The SMILES string of the molecule is NC(=O)[C@H]1C[C@@H]1c1cccc(C#CSI)c1. The van der Waals surface area contributed by atoms with Crippen molar-refractivity contribution < 1.29 is 4.79 Å². The maximum absolute atomic E-state index is 11.0. The summed E-state index contributed by atoms with van der Waals surface area (Å²) in [7, 11) is 1.47. The van der Waals surface area contributed by atoms with Crippen LogP contribution in [0.25, 0.3) is 0 Å². The zero-order valence-electron chi connectivity index (χ0n) is 8.44. The van der Waals surface area contributed by atoms with Gasteiger partial charge in [-0.25, -0.2) is 0 Å². The molecule has 0 unspecified atom stereocenters. The van der Waals surface area contributed by atoms with Crippen molar-refractivity contribution in [2.24, 2.45) is 11.7 Å². The van der Waals surface area contributed by atoms with Crippen molar-refractivity contribution in [2.75, 3.05) is 0 Å². The third kappa shape index (κ3) is 2.71. The molecule has 1 aliphatic rings. The maximum Gasteiger partial charge on any atom is 0.221 e. The highest BCUT2D eigenvalue weighted by Crippen LogP contribution is 2.47. The predicted molar refractivity (Wildman–Crippen MR) is 75.0 cm³/mol. The summed E-state index contributed by atoms with van der Waals surface area (Å²) in [5.41, 5.74) is 7.44. The van der Waals surface area contributed by atoms with Crippen molar-refractivity contribution >= 4 is 36.0 Å². The molecule has 0 radical (unpaired) electrons. The third-order valence-electron chi connectivity index (χ3n) is 2.70. The van der Waals surface area contributed by atoms with Gasteiger partial charge in [0.1, 0.15) is 0 Å². The van der Waals surface area contributed by atoms with Gasteiger partial charge in [-0.15, -0.1) is 0 Å². The van der Waals surface area contributed by atoms with Gasteiger partial charge in [-0.2, -0.15) is 0 Å². The van der Waals surface area contributed by atoms with Gasteiger partial charge in [0.05, 0.1) is 0 Å². The van der Waals surface area contributed by atoms with Gasteiger partial charge in [-0.3, -0.25) is 4.79 Å². The van der Waals surface area contributed by atoms with Crippen LogP contribution in [0.3, 0.4) is 0 Å². The molecule has 16 heavy (non-hydrogen) atoms. The van der Waals surface area contributed by atoms with Crippen LogP contribution in [0.1, 0.15) is 23.5 Å². The Hall–Kier alpha value is -0.670. The summed E-state index contributed by atoms with van der Waals surface area (Å²) in [5.74, 6) is 3.20. The summed E-state index contributed by atoms with van der Waals surface area (Å²) < 4.78 is 0. The molecule has 1 aromatic carbocycles. The van der Waals surface area contributed by atoms with Gasteiger partial charge in [0, 0.05) is 32.7 Å². The van der Waals surface area contributed by atoms with E-state index in [1.807, 2.05) is 24.3 Å². The first-order chi connectivity index (χ1) is 7.72. The summed E-state index contributed by atoms with van der Waals surface area (Å²) in [4.78, 5) is 11.0. The van der Waals surface area contributed by atoms with Crippen molar-refractivity contribution in [3.05, 3.63) is 35.4 Å². The zero-order valence-corrected chi connectivity index (χ0v) is 11.4. The third-order valence-corrected chi connectivity index (χ3v) is 3.54. The molecule has 82 valence electrons. The number of rotatable bonds is 2. The Labute approximate surface area is 111 Å². The van der Waals surface area contributed by atoms with E-state index in [0.717, 1.165) is 12.0 Å². The number of benzene rings is 1. The van der Waals surface area contributed by atoms with Crippen molar-refractivity contribution in [2.45, 2.75) is 12.3 Å². The van der Waals surface area contributed by atoms with Crippen LogP contribution in [0.5, 0.6) is 0 Å². The molecule has 1 amide bonds. The Morgan fingerprint density at radius 2 is 2.38 bits per heavy atom. The van der Waals surface area contributed by atoms with Crippen LogP contribution in [0.4, 0.5) is 0 Å². The second-order valence-corrected chi connectivity index (χ2v) is 5.46. The minimum Gasteiger partial charge on any atom is -0.369 e. The Morgan fingerprint density at radius 1 is 1.56 bits per heavy atom. The van der Waals surface area contributed by atoms with E-state index in [0.29, 0.717) is 5.92 Å². The second kappa shape index (κ2) is 5.11. The normalized spacial score (nSPS) is 22.1. The molecule has 2 rings (SSSR count). The van der Waals surface area contributed by atoms with E-state index >= 15 is 0 Å². The summed E-state index contributed by atoms with van der Waals surface area (Å²) in [6.45, 7) is 0. The first-order valence-corrected chi connectivity index (χ1v) is 8.26. The average molecular weight is 343 g/mol. The minimum atomic E-state index is -0.190. The predicted octanol–water partition coefficient (Wildman–Crippen LogP) is 2.67. The standard InChI is InChI=1S/C12H10INOS/c13-16-5-4-8-2-1-3-9(6-8)10-7-11(10)12(14)15/h1-3,6,10-11H,7H2,(H2,14,15)/t10-,11+/m1/s1. The number of hydrogen-bond donors (Lipinski definition) is 1. The molecular weight excluding hydrogens is 333 g/mol. The highest BCUT2D eigenvalue weighted by molar-refractivity contribution is 14.2. The second-order valence-electron chi connectivity index (χ2n) is 3.78. The van der Waals surface area contributed by atoms with E-state index in [9.17, 15) is 4.79 Å². The Kier molecular flexibility index (Phi) is 3.77. The Bertz CT molecular complexity index is 477. The zero-order chi connectivity index (χ0) is 11.5. The van der Waals surface area contributed by atoms with Gasteiger partial charge in [0.15, 0.2) is 0 Å². The molecule has 2 atom stereocenters. The van der Waals surface area contributed by atoms with Crippen molar-refractivity contribution in [1.29, 1.82) is 0 Å². The highest BCUT2D eigenvalue weighted by atomic mass is 127. The number of primary amides is 1. The molecule has 4 heteroatoms. The van der Waals surface area contributed by atoms with Crippen molar-refractivity contribution in [3.63, 3.8) is 0 Å². The molecule has 2 N–H and O–H groups in total. The molecule has 0 aromatic heterocycles. The van der Waals surface area contributed by atoms with Gasteiger partial charge in [-0.1, -0.05) is 18.1 Å². The van der Waals surface area contributed by atoms with E-state index in [2.05, 4.69) is 32.4 Å². The van der Waals surface area contributed by atoms with Crippen LogP contribution in [0.2, 0.25) is 0 Å². The highest BCUT2D eigenvalue weighted by Gasteiger charge is 2.42. The van der Waals surface area contributed by atoms with Crippen LogP contribution in [0, 0.1) is 17.1 Å². The summed E-state index contributed by atoms with van der Waals surface area (Å²) in [5, 5.41) is 2.95. The fraction of sp³-hybridized carbons (Fsp3) is 0.250. The molecule has 2 nitrogen and oxygen atoms in total. The Balaban J connectivity index is 2.15. The first kappa shape index (κ1) is 11.8. The van der Waals surface area contributed by atoms with Crippen LogP contribution >= 0.6 is 30.1 Å². The Morgan fingerprint density at radius 3 is 3.00 bits per heavy atom. The van der Waals surface area contributed by atoms with E-state index in [1.165, 1.54) is 14.5 Å². The van der Waals surface area contributed by atoms with E-state index in [1.54, 1.807) is 0 Å². The molecule has 1 aromatic rings. The largest absolute Gasteiger partial charge is 0.369 e. The van der Waals surface area contributed by atoms with E-state index < -0.39 is 0 Å². The fourth-order valence-corrected chi connectivity index (χ4v) is 2.29. The molecule has 1 aliphatic carbocycles. The smallest absolute Gasteiger partial charge is 0.221 e. The minimum absolute atomic E-state index is 0.0298. The number of nitrogens with two attached hydrogens (primary N) is 1. The molecule has 1 saturated carbocycles. The van der Waals surface area contributed by atoms with Crippen molar-refractivity contribution in [3.8, 4) is 11.2 Å². The first-order valence-electron chi connectivity index (χ1n) is 4.90. The lowest BCUT2D eigenvalue weighted by Gasteiger charge is -1.99. The van der Waals surface area contributed by atoms with Gasteiger partial charge in [0.25, 0.3) is 0 Å². The lowest BCUT2D eigenvalue weighted by atomic mass is 10.1. The topological polar surface area (TPSA) is 43.1 Å². The molecule has 0 aliphatic heterocycles. The summed E-state index contributed by atoms with van der Waals surface area (Å²) >= 11 is 2.14. The van der Waals surface area contributed by atoms with Gasteiger partial charge < -0.3 is 5.73 Å². The number of halogens is 1. The van der Waals surface area contributed by atoms with Crippen LogP contribution in [-0.2, 0) is 4.79 Å². The lowest BCUT2D eigenvalue weighted by molar-refractivity contribution is -0.119. The number of hydrogen-bond acceptors (Lipinski definition) is 2. The monoisotopic (exact) mass is 343 g/mol. The van der Waals surface area contributed by atoms with Gasteiger partial charge in [0.2, 0.25) is 5.91 Å². The lowest BCUT2D eigenvalue weighted by Crippen LogP contribution is -2.13. The molecule has 0 spiro atoms. The number of amides is 1. The van der Waals surface area contributed by atoms with E-state index in [4.69, 9.17) is 5.73 Å². The van der Waals surface area contributed by atoms with Gasteiger partial charge in [-0.05, 0) is 44.2 Å². The van der Waals surface area contributed by atoms with Crippen LogP contribution in [-0.4, -0.2) is 5.91 Å². The fourth-order valence-electron chi connectivity index (χ4n) is 1.80. The molecule has 0 saturated heterocycles. The molecule has 0 heterocycles.